The number of pyridine rings is 2. The Hall–Kier alpha value is -6.00. The zero-order valence-electron chi connectivity index (χ0n) is 28.7. The smallest absolute Gasteiger partial charge is 0.360 e. The molecule has 0 unspecified atom stereocenters. The summed E-state index contributed by atoms with van der Waals surface area (Å²) in [7, 11) is 2.75. The van der Waals surface area contributed by atoms with Crippen LogP contribution in [0, 0.1) is 0 Å². The van der Waals surface area contributed by atoms with Crippen molar-refractivity contribution in [3.8, 4) is 17.2 Å². The van der Waals surface area contributed by atoms with Crippen LogP contribution in [0.15, 0.2) is 70.5 Å². The number of aromatic nitrogens is 4. The molecule has 0 spiro atoms. The van der Waals surface area contributed by atoms with Gasteiger partial charge >= 0.3 is 17.1 Å². The maximum atomic E-state index is 12.7. The molecule has 0 radical (unpaired) electrons. The van der Waals surface area contributed by atoms with Crippen molar-refractivity contribution in [1.82, 2.24) is 18.8 Å². The largest absolute Gasteiger partial charge is 0.501 e. The minimum atomic E-state index is -0.852. The Bertz CT molecular complexity index is 2210. The van der Waals surface area contributed by atoms with Crippen molar-refractivity contribution >= 4 is 34.4 Å². The van der Waals surface area contributed by atoms with Gasteiger partial charge < -0.3 is 39.0 Å². The molecule has 2 aliphatic heterocycles. The number of aromatic hydroxyl groups is 2. The number of carbonyl (C=O) groups excluding carboxylic acids is 2. The average molecular weight is 715 g/mol. The lowest BCUT2D eigenvalue weighted by molar-refractivity contribution is 0.0590. The summed E-state index contributed by atoms with van der Waals surface area (Å²) < 4.78 is 22.8. The van der Waals surface area contributed by atoms with Gasteiger partial charge in [0.15, 0.2) is 17.2 Å². The van der Waals surface area contributed by atoms with Gasteiger partial charge in [-0.3, -0.25) is 23.2 Å². The number of nitrogens with zero attached hydrogens (tertiary/aromatic N) is 6. The van der Waals surface area contributed by atoms with Crippen LogP contribution in [0.25, 0.3) is 11.3 Å². The normalized spacial score (nSPS) is 14.5. The molecule has 0 atom stereocenters. The number of benzene rings is 1. The van der Waals surface area contributed by atoms with Crippen molar-refractivity contribution in [1.29, 1.82) is 0 Å². The van der Waals surface area contributed by atoms with Gasteiger partial charge in [0.05, 0.1) is 52.0 Å². The highest BCUT2D eigenvalue weighted by atomic mass is 16.5. The van der Waals surface area contributed by atoms with E-state index in [4.69, 9.17) is 14.2 Å². The fourth-order valence-electron chi connectivity index (χ4n) is 5.86. The molecule has 16 heteroatoms. The Morgan fingerprint density at radius 1 is 0.712 bits per heavy atom. The minimum absolute atomic E-state index is 0.133. The monoisotopic (exact) mass is 714 g/mol. The van der Waals surface area contributed by atoms with Gasteiger partial charge in [0.25, 0.3) is 0 Å². The van der Waals surface area contributed by atoms with Crippen LogP contribution in [-0.4, -0.2) is 108 Å². The minimum Gasteiger partial charge on any atom is -0.501 e. The van der Waals surface area contributed by atoms with Crippen molar-refractivity contribution in [2.45, 2.75) is 12.8 Å². The first-order valence-electron chi connectivity index (χ1n) is 16.6. The van der Waals surface area contributed by atoms with E-state index in [1.807, 2.05) is 36.4 Å². The summed E-state index contributed by atoms with van der Waals surface area (Å²) in [6.45, 7) is 5.38. The molecule has 272 valence electrons. The Morgan fingerprint density at radius 3 is 1.67 bits per heavy atom. The molecule has 2 saturated heterocycles. The number of aryl methyl sites for hydroxylation is 1. The summed E-state index contributed by atoms with van der Waals surface area (Å²) in [6.07, 6.45) is 3.84. The fraction of sp³-hybridized carbons (Fsp3) is 0.333. The van der Waals surface area contributed by atoms with E-state index in [9.17, 15) is 29.4 Å². The SMILES string of the molecule is COC(=O)c1nc2ccc(N3CCOCC3)cn2c(=O)c1O.COc1ccc(CCC(=O)c2nc3ccc(N4CCOCC4)cn3c(=O)c2O)cc1. The Morgan fingerprint density at radius 2 is 1.19 bits per heavy atom. The molecule has 6 heterocycles. The summed E-state index contributed by atoms with van der Waals surface area (Å²) >= 11 is 0. The molecule has 2 aliphatic rings. The van der Waals surface area contributed by atoms with E-state index < -0.39 is 28.6 Å². The van der Waals surface area contributed by atoms with E-state index in [-0.39, 0.29) is 29.2 Å². The van der Waals surface area contributed by atoms with Crippen LogP contribution in [-0.2, 0) is 20.6 Å². The van der Waals surface area contributed by atoms with Crippen molar-refractivity contribution in [2.75, 3.05) is 76.6 Å². The van der Waals surface area contributed by atoms with Crippen molar-refractivity contribution in [2.24, 2.45) is 0 Å². The number of anilines is 2. The molecule has 7 rings (SSSR count). The summed E-state index contributed by atoms with van der Waals surface area (Å²) in [6, 6.07) is 14.4. The molecule has 5 aromatic rings. The number of ether oxygens (including phenoxy) is 4. The average Bonchev–Trinajstić information content (AvgIpc) is 3.20. The zero-order valence-corrected chi connectivity index (χ0v) is 28.7. The lowest BCUT2D eigenvalue weighted by Gasteiger charge is -2.28. The highest BCUT2D eigenvalue weighted by Crippen LogP contribution is 2.21. The third-order valence-electron chi connectivity index (χ3n) is 8.76. The third kappa shape index (κ3) is 7.67. The van der Waals surface area contributed by atoms with Crippen molar-refractivity contribution in [3.05, 3.63) is 98.6 Å². The molecule has 2 fully saturated rings. The molecule has 2 N–H and O–H groups in total. The van der Waals surface area contributed by atoms with E-state index in [0.29, 0.717) is 38.5 Å². The van der Waals surface area contributed by atoms with E-state index in [0.717, 1.165) is 56.0 Å². The van der Waals surface area contributed by atoms with Gasteiger partial charge in [-0.15, -0.1) is 0 Å². The predicted octanol–water partition coefficient (Wildman–Crippen LogP) is 2.08. The maximum absolute atomic E-state index is 12.7. The van der Waals surface area contributed by atoms with E-state index in [2.05, 4.69) is 24.5 Å². The molecule has 52 heavy (non-hydrogen) atoms. The summed E-state index contributed by atoms with van der Waals surface area (Å²) in [4.78, 5) is 61.5. The quantitative estimate of drug-likeness (QED) is 0.176. The summed E-state index contributed by atoms with van der Waals surface area (Å²) in [5, 5.41) is 20.2. The van der Waals surface area contributed by atoms with Gasteiger partial charge in [0, 0.05) is 45.0 Å². The van der Waals surface area contributed by atoms with Crippen LogP contribution < -0.4 is 25.7 Å². The molecular weight excluding hydrogens is 676 g/mol. The van der Waals surface area contributed by atoms with E-state index in [1.165, 1.54) is 8.80 Å². The van der Waals surface area contributed by atoms with Gasteiger partial charge in [0.2, 0.25) is 11.5 Å². The van der Waals surface area contributed by atoms with Gasteiger partial charge in [-0.25, -0.2) is 14.8 Å². The standard InChI is InChI=1S/C22H23N3O5.C14H15N3O5/c1-29-17-6-2-15(3-7-17)4-8-18(26)20-21(27)22(28)25-14-16(5-9-19(25)23-20)24-10-12-30-13-11-24;1-21-14(20)11-12(18)13(19)17-8-9(2-3-10(17)15-11)16-4-6-22-7-5-16/h2-3,5-7,9,14,27H,4,8,10-13H2,1H3;2-3,8,18H,4-7H2,1H3. The number of Topliss-reactive ketones (excluding diaryl/α,β-unsaturated/α-hetero) is 1. The van der Waals surface area contributed by atoms with E-state index in [1.54, 1.807) is 31.6 Å². The Labute approximate surface area is 297 Å². The molecule has 1 aromatic carbocycles. The van der Waals surface area contributed by atoms with Crippen LogP contribution in [0.3, 0.4) is 0 Å². The number of rotatable bonds is 8. The number of methoxy groups -OCH3 is 2. The molecule has 4 aromatic heterocycles. The second-order valence-corrected chi connectivity index (χ2v) is 11.9. The van der Waals surface area contributed by atoms with Crippen molar-refractivity contribution in [3.63, 3.8) is 0 Å². The third-order valence-corrected chi connectivity index (χ3v) is 8.76. The zero-order chi connectivity index (χ0) is 36.8. The molecule has 0 bridgehead atoms. The topological polar surface area (TPSA) is 187 Å². The first-order chi connectivity index (χ1) is 25.2. The summed E-state index contributed by atoms with van der Waals surface area (Å²) in [5.41, 5.74) is 1.28. The number of hydrogen-bond acceptors (Lipinski definition) is 14. The predicted molar refractivity (Wildman–Crippen MR) is 189 cm³/mol. The van der Waals surface area contributed by atoms with Gasteiger partial charge in [-0.05, 0) is 48.4 Å². The van der Waals surface area contributed by atoms with Crippen LogP contribution in [0.2, 0.25) is 0 Å². The molecular formula is C36H38N6O10. The summed E-state index contributed by atoms with van der Waals surface area (Å²) in [5.74, 6) is -1.83. The van der Waals surface area contributed by atoms with Crippen LogP contribution in [0.1, 0.15) is 33.0 Å². The second kappa shape index (κ2) is 15.9. The molecule has 16 nitrogen and oxygen atoms in total. The lowest BCUT2D eigenvalue weighted by atomic mass is 10.1. The lowest BCUT2D eigenvalue weighted by Crippen LogP contribution is -2.36. The van der Waals surface area contributed by atoms with E-state index >= 15 is 0 Å². The van der Waals surface area contributed by atoms with Gasteiger partial charge in [-0.1, -0.05) is 12.1 Å². The number of hydrogen-bond donors (Lipinski definition) is 2. The number of morpholine rings is 2. The number of ketones is 1. The van der Waals surface area contributed by atoms with Crippen LogP contribution in [0.5, 0.6) is 17.2 Å². The highest BCUT2D eigenvalue weighted by Gasteiger charge is 2.22. The maximum Gasteiger partial charge on any atom is 0.360 e. The molecule has 0 saturated carbocycles. The van der Waals surface area contributed by atoms with Crippen LogP contribution in [0.4, 0.5) is 11.4 Å². The van der Waals surface area contributed by atoms with Crippen LogP contribution >= 0.6 is 0 Å². The first kappa shape index (κ1) is 35.8. The molecule has 0 amide bonds. The second-order valence-electron chi connectivity index (χ2n) is 11.9. The number of esters is 1. The van der Waals surface area contributed by atoms with Gasteiger partial charge in [0.1, 0.15) is 17.0 Å². The first-order valence-corrected chi connectivity index (χ1v) is 16.6. The van der Waals surface area contributed by atoms with Crippen molar-refractivity contribution < 1.29 is 38.7 Å². The molecule has 0 aliphatic carbocycles. The Balaban J connectivity index is 0.000000187. The highest BCUT2D eigenvalue weighted by molar-refractivity contribution is 5.97. The Kier molecular flexibility index (Phi) is 11.0. The van der Waals surface area contributed by atoms with Gasteiger partial charge in [-0.2, -0.15) is 0 Å². The number of fused-ring (bicyclic) bond motifs is 2. The fourth-order valence-corrected chi connectivity index (χ4v) is 5.86. The number of carbonyl (C=O) groups is 2.